The van der Waals surface area contributed by atoms with Gasteiger partial charge in [-0.3, -0.25) is 10.0 Å². The van der Waals surface area contributed by atoms with Gasteiger partial charge in [-0.2, -0.15) is 0 Å². The van der Waals surface area contributed by atoms with Crippen molar-refractivity contribution in [1.29, 1.82) is 0 Å². The second-order valence-electron chi connectivity index (χ2n) is 4.80. The maximum absolute atomic E-state index is 11.3. The Morgan fingerprint density at radius 3 is 2.65 bits per heavy atom. The summed E-state index contributed by atoms with van der Waals surface area (Å²) in [5, 5.41) is 8.62. The Labute approximate surface area is 102 Å². The van der Waals surface area contributed by atoms with E-state index in [0.717, 1.165) is 12.8 Å². The summed E-state index contributed by atoms with van der Waals surface area (Å²) in [5.41, 5.74) is 3.07. The maximum Gasteiger partial charge on any atom is 0.243 e. The monoisotopic (exact) mass is 233 g/mol. The lowest BCUT2D eigenvalue weighted by atomic mass is 9.74. The summed E-state index contributed by atoms with van der Waals surface area (Å²) in [6.07, 6.45) is 5.07. The molecule has 1 aromatic rings. The van der Waals surface area contributed by atoms with E-state index in [-0.39, 0.29) is 5.91 Å². The van der Waals surface area contributed by atoms with E-state index in [4.69, 9.17) is 5.21 Å². The molecule has 0 saturated heterocycles. The quantitative estimate of drug-likeness (QED) is 0.623. The fourth-order valence-corrected chi connectivity index (χ4v) is 2.87. The average Bonchev–Trinajstić information content (AvgIpc) is 2.40. The molecule has 1 aliphatic rings. The predicted octanol–water partition coefficient (Wildman–Crippen LogP) is 2.86. The molecule has 17 heavy (non-hydrogen) atoms. The molecule has 1 saturated carbocycles. The average molecular weight is 233 g/mol. The van der Waals surface area contributed by atoms with Crippen molar-refractivity contribution in [2.45, 2.75) is 38.0 Å². The summed E-state index contributed by atoms with van der Waals surface area (Å²) in [6, 6.07) is 10.4. The van der Waals surface area contributed by atoms with E-state index in [1.165, 1.54) is 18.4 Å². The number of hydrogen-bond acceptors (Lipinski definition) is 2. The lowest BCUT2D eigenvalue weighted by Gasteiger charge is -2.31. The van der Waals surface area contributed by atoms with Crippen molar-refractivity contribution < 1.29 is 10.0 Å². The van der Waals surface area contributed by atoms with Crippen LogP contribution in [0.2, 0.25) is 0 Å². The molecule has 0 unspecified atom stereocenters. The second-order valence-corrected chi connectivity index (χ2v) is 4.80. The van der Waals surface area contributed by atoms with Crippen LogP contribution in [0.1, 0.15) is 43.6 Å². The van der Waals surface area contributed by atoms with Gasteiger partial charge < -0.3 is 0 Å². The zero-order valence-electron chi connectivity index (χ0n) is 9.93. The molecule has 1 aromatic carbocycles. The van der Waals surface area contributed by atoms with Crippen LogP contribution in [0, 0.1) is 5.92 Å². The van der Waals surface area contributed by atoms with E-state index in [1.54, 1.807) is 5.48 Å². The standard InChI is InChI=1S/C14H19NO2/c16-14(15-17)10-12-8-4-5-9-13(12)11-6-2-1-3-7-11/h1-3,6-7,12-13,17H,4-5,8-10H2,(H,15,16)/t12-,13-/m1/s1. The number of hydroxylamine groups is 1. The molecular weight excluding hydrogens is 214 g/mol. The lowest BCUT2D eigenvalue weighted by molar-refractivity contribution is -0.130. The molecule has 92 valence electrons. The number of amides is 1. The normalized spacial score (nSPS) is 24.3. The third-order valence-corrected chi connectivity index (χ3v) is 3.71. The Hall–Kier alpha value is -1.35. The van der Waals surface area contributed by atoms with Gasteiger partial charge in [0.15, 0.2) is 0 Å². The fraction of sp³-hybridized carbons (Fsp3) is 0.500. The highest BCUT2D eigenvalue weighted by atomic mass is 16.5. The molecule has 0 aliphatic heterocycles. The van der Waals surface area contributed by atoms with Gasteiger partial charge in [0.05, 0.1) is 0 Å². The summed E-state index contributed by atoms with van der Waals surface area (Å²) >= 11 is 0. The molecule has 1 aliphatic carbocycles. The van der Waals surface area contributed by atoms with Crippen LogP contribution in [0.5, 0.6) is 0 Å². The highest BCUT2D eigenvalue weighted by Crippen LogP contribution is 2.39. The number of benzene rings is 1. The molecule has 2 N–H and O–H groups in total. The molecular formula is C14H19NO2. The van der Waals surface area contributed by atoms with Gasteiger partial charge in [0.2, 0.25) is 5.91 Å². The Morgan fingerprint density at radius 1 is 1.24 bits per heavy atom. The SMILES string of the molecule is O=C(C[C@H]1CCCC[C@@H]1c1ccccc1)NO. The predicted molar refractivity (Wildman–Crippen MR) is 65.7 cm³/mol. The lowest BCUT2D eigenvalue weighted by Crippen LogP contribution is -2.26. The van der Waals surface area contributed by atoms with E-state index in [1.807, 2.05) is 18.2 Å². The van der Waals surface area contributed by atoms with Crippen LogP contribution in [-0.4, -0.2) is 11.1 Å². The van der Waals surface area contributed by atoms with Gasteiger partial charge >= 0.3 is 0 Å². The molecule has 1 fully saturated rings. The van der Waals surface area contributed by atoms with Gasteiger partial charge in [-0.1, -0.05) is 43.2 Å². The highest BCUT2D eigenvalue weighted by Gasteiger charge is 2.27. The van der Waals surface area contributed by atoms with Gasteiger partial charge in [0, 0.05) is 6.42 Å². The van der Waals surface area contributed by atoms with Crippen molar-refractivity contribution in [3.63, 3.8) is 0 Å². The zero-order chi connectivity index (χ0) is 12.1. The third kappa shape index (κ3) is 3.07. The van der Waals surface area contributed by atoms with E-state index < -0.39 is 0 Å². The van der Waals surface area contributed by atoms with Gasteiger partial charge in [-0.25, -0.2) is 5.48 Å². The molecule has 2 rings (SSSR count). The minimum atomic E-state index is -0.266. The van der Waals surface area contributed by atoms with E-state index in [0.29, 0.717) is 18.3 Å². The van der Waals surface area contributed by atoms with Crippen molar-refractivity contribution in [3.05, 3.63) is 35.9 Å². The van der Waals surface area contributed by atoms with Crippen molar-refractivity contribution in [2.24, 2.45) is 5.92 Å². The largest absolute Gasteiger partial charge is 0.289 e. The van der Waals surface area contributed by atoms with Gasteiger partial charge in [0.25, 0.3) is 0 Å². The Kier molecular flexibility index (Phi) is 4.15. The topological polar surface area (TPSA) is 49.3 Å². The number of nitrogens with one attached hydrogen (secondary N) is 1. The minimum absolute atomic E-state index is 0.266. The Morgan fingerprint density at radius 2 is 1.94 bits per heavy atom. The van der Waals surface area contributed by atoms with Crippen molar-refractivity contribution >= 4 is 5.91 Å². The molecule has 0 aromatic heterocycles. The van der Waals surface area contributed by atoms with Gasteiger partial charge in [-0.05, 0) is 30.2 Å². The first kappa shape index (κ1) is 12.1. The highest BCUT2D eigenvalue weighted by molar-refractivity contribution is 5.74. The molecule has 1 amide bonds. The van der Waals surface area contributed by atoms with Crippen LogP contribution in [0.25, 0.3) is 0 Å². The molecule has 2 atom stereocenters. The van der Waals surface area contributed by atoms with Crippen molar-refractivity contribution in [1.82, 2.24) is 5.48 Å². The van der Waals surface area contributed by atoms with Crippen LogP contribution < -0.4 is 5.48 Å². The molecule has 0 bridgehead atoms. The third-order valence-electron chi connectivity index (χ3n) is 3.71. The van der Waals surface area contributed by atoms with Crippen LogP contribution in [0.3, 0.4) is 0 Å². The summed E-state index contributed by atoms with van der Waals surface area (Å²) in [7, 11) is 0. The zero-order valence-corrected chi connectivity index (χ0v) is 9.93. The minimum Gasteiger partial charge on any atom is -0.289 e. The summed E-state index contributed by atoms with van der Waals surface area (Å²) in [5.74, 6) is 0.554. The molecule has 0 heterocycles. The smallest absolute Gasteiger partial charge is 0.243 e. The first-order chi connectivity index (χ1) is 8.31. The summed E-state index contributed by atoms with van der Waals surface area (Å²) in [6.45, 7) is 0. The van der Waals surface area contributed by atoms with Crippen LogP contribution >= 0.6 is 0 Å². The van der Waals surface area contributed by atoms with Gasteiger partial charge in [-0.15, -0.1) is 0 Å². The van der Waals surface area contributed by atoms with E-state index in [9.17, 15) is 4.79 Å². The number of carbonyl (C=O) groups is 1. The second kappa shape index (κ2) is 5.82. The summed E-state index contributed by atoms with van der Waals surface area (Å²) < 4.78 is 0. The first-order valence-corrected chi connectivity index (χ1v) is 6.29. The van der Waals surface area contributed by atoms with E-state index in [2.05, 4.69) is 12.1 Å². The number of hydrogen-bond donors (Lipinski definition) is 2. The van der Waals surface area contributed by atoms with Crippen LogP contribution in [-0.2, 0) is 4.79 Å². The first-order valence-electron chi connectivity index (χ1n) is 6.29. The van der Waals surface area contributed by atoms with Crippen LogP contribution in [0.15, 0.2) is 30.3 Å². The Balaban J connectivity index is 2.09. The summed E-state index contributed by atoms with van der Waals surface area (Å²) in [4.78, 5) is 11.3. The van der Waals surface area contributed by atoms with E-state index >= 15 is 0 Å². The van der Waals surface area contributed by atoms with Crippen molar-refractivity contribution in [3.8, 4) is 0 Å². The van der Waals surface area contributed by atoms with Gasteiger partial charge in [0.1, 0.15) is 0 Å². The maximum atomic E-state index is 11.3. The molecule has 0 radical (unpaired) electrons. The molecule has 3 heteroatoms. The Bertz CT molecular complexity index is 364. The molecule has 0 spiro atoms. The number of rotatable bonds is 3. The molecule has 3 nitrogen and oxygen atoms in total. The number of carbonyl (C=O) groups excluding carboxylic acids is 1. The van der Waals surface area contributed by atoms with Crippen LogP contribution in [0.4, 0.5) is 0 Å². The fourth-order valence-electron chi connectivity index (χ4n) is 2.87. The van der Waals surface area contributed by atoms with Crippen molar-refractivity contribution in [2.75, 3.05) is 0 Å².